The number of primary amides is 1. The molecule has 2 aromatic rings. The molecule has 47 heavy (non-hydrogen) atoms. The van der Waals surface area contributed by atoms with Crippen molar-refractivity contribution in [3.05, 3.63) is 63.9 Å². The Bertz CT molecular complexity index is 1740. The van der Waals surface area contributed by atoms with E-state index in [2.05, 4.69) is 16.8 Å². The smallest absolute Gasteiger partial charge is 0.255 e. The number of nitrogens with zero attached hydrogens (tertiary/aromatic N) is 4. The Morgan fingerprint density at radius 3 is 2.34 bits per heavy atom. The van der Waals surface area contributed by atoms with E-state index in [1.54, 1.807) is 14.1 Å². The van der Waals surface area contributed by atoms with Gasteiger partial charge in [-0.15, -0.1) is 0 Å². The number of amides is 1. The number of piperazine rings is 1. The van der Waals surface area contributed by atoms with Crippen LogP contribution in [0.15, 0.2) is 47.2 Å². The van der Waals surface area contributed by atoms with Crippen LogP contribution < -0.4 is 10.6 Å². The lowest BCUT2D eigenvalue weighted by molar-refractivity contribution is -0.153. The highest BCUT2D eigenvalue weighted by molar-refractivity contribution is 6.24. The molecule has 0 aromatic heterocycles. The van der Waals surface area contributed by atoms with Crippen molar-refractivity contribution >= 4 is 28.9 Å². The van der Waals surface area contributed by atoms with E-state index in [1.807, 2.05) is 49.3 Å². The SMILES string of the molecule is CN1CCN(Cc2cccc(-c3cc(N(C)C)c4c(c3O)C(O)=C3C(=O)C5(O)C(O)=C(C(N)=O)C(=O)C(N(C)C)C5CC3C4)c2)CC1. The average Bonchev–Trinajstić information content (AvgIpc) is 3.00. The Balaban J connectivity index is 1.48. The van der Waals surface area contributed by atoms with Crippen LogP contribution in [0.1, 0.15) is 23.1 Å². The molecule has 1 saturated carbocycles. The minimum atomic E-state index is -2.68. The van der Waals surface area contributed by atoms with Crippen LogP contribution in [-0.4, -0.2) is 126 Å². The number of aliphatic hydroxyl groups excluding tert-OH is 2. The highest BCUT2D eigenvalue weighted by atomic mass is 16.3. The van der Waals surface area contributed by atoms with E-state index in [1.165, 1.54) is 4.90 Å². The zero-order chi connectivity index (χ0) is 34.1. The molecule has 4 unspecified atom stereocenters. The fourth-order valence-corrected chi connectivity index (χ4v) is 8.01. The highest BCUT2D eigenvalue weighted by Gasteiger charge is 2.64. The number of phenols is 1. The van der Waals surface area contributed by atoms with Crippen molar-refractivity contribution in [2.24, 2.45) is 17.6 Å². The third kappa shape index (κ3) is 5.10. The minimum Gasteiger partial charge on any atom is -0.508 e. The van der Waals surface area contributed by atoms with Crippen LogP contribution in [0.5, 0.6) is 5.75 Å². The summed E-state index contributed by atoms with van der Waals surface area (Å²) in [6, 6.07) is 8.63. The van der Waals surface area contributed by atoms with E-state index in [9.17, 15) is 34.8 Å². The van der Waals surface area contributed by atoms with Crippen LogP contribution >= 0.6 is 0 Å². The zero-order valence-corrected chi connectivity index (χ0v) is 27.4. The summed E-state index contributed by atoms with van der Waals surface area (Å²) in [4.78, 5) is 48.0. The maximum absolute atomic E-state index is 14.3. The number of carbonyl (C=O) groups is 3. The molecule has 4 aliphatic rings. The standard InChI is InChI=1S/C35H43N5O7/c1-37(2)24-16-21(19-8-6-7-18(13-19)17-40-11-9-39(5)10-12-40)29(41)26-22(24)14-20-15-23-28(38(3)4)31(43)27(34(36)46)33(45)35(23,47)32(44)25(20)30(26)42/h6-8,13,16,20,23,28,41-42,45,47H,9-12,14-15,17H2,1-5H3,(H2,36,46). The van der Waals surface area contributed by atoms with Gasteiger partial charge in [-0.3, -0.25) is 24.2 Å². The molecule has 12 nitrogen and oxygen atoms in total. The fourth-order valence-electron chi connectivity index (χ4n) is 8.01. The lowest BCUT2D eigenvalue weighted by Gasteiger charge is -2.50. The van der Waals surface area contributed by atoms with Crippen molar-refractivity contribution in [3.63, 3.8) is 0 Å². The maximum Gasteiger partial charge on any atom is 0.255 e. The molecule has 2 aromatic carbocycles. The number of hydrogen-bond acceptors (Lipinski definition) is 11. The highest BCUT2D eigenvalue weighted by Crippen LogP contribution is 2.55. The number of nitrogens with two attached hydrogens (primary N) is 1. The van der Waals surface area contributed by atoms with Crippen molar-refractivity contribution in [2.75, 3.05) is 66.3 Å². The molecule has 12 heteroatoms. The lowest BCUT2D eigenvalue weighted by atomic mass is 9.57. The summed E-state index contributed by atoms with van der Waals surface area (Å²) in [5, 5.41) is 46.8. The quantitative estimate of drug-likeness (QED) is 0.288. The van der Waals surface area contributed by atoms with Gasteiger partial charge in [-0.1, -0.05) is 18.2 Å². The number of fused-ring (bicyclic) bond motifs is 3. The Hall–Kier alpha value is -4.23. The number of aromatic hydroxyl groups is 1. The molecule has 6 rings (SSSR count). The summed E-state index contributed by atoms with van der Waals surface area (Å²) < 4.78 is 0. The molecule has 1 aliphatic heterocycles. The van der Waals surface area contributed by atoms with Gasteiger partial charge in [-0.05, 0) is 68.7 Å². The average molecular weight is 646 g/mol. The molecule has 250 valence electrons. The first-order chi connectivity index (χ1) is 22.2. The van der Waals surface area contributed by atoms with Crippen molar-refractivity contribution in [1.82, 2.24) is 14.7 Å². The molecule has 0 bridgehead atoms. The first-order valence-corrected chi connectivity index (χ1v) is 15.9. The predicted octanol–water partition coefficient (Wildman–Crippen LogP) is 1.44. The van der Waals surface area contributed by atoms with E-state index in [0.29, 0.717) is 11.1 Å². The molecule has 1 saturated heterocycles. The third-order valence-corrected chi connectivity index (χ3v) is 10.4. The van der Waals surface area contributed by atoms with Gasteiger partial charge >= 0.3 is 0 Å². The second kappa shape index (κ2) is 11.8. The number of anilines is 1. The fraction of sp³-hybridized carbons (Fsp3) is 0.457. The Labute approximate surface area is 274 Å². The second-order valence-electron chi connectivity index (χ2n) is 13.8. The summed E-state index contributed by atoms with van der Waals surface area (Å²) >= 11 is 0. The summed E-state index contributed by atoms with van der Waals surface area (Å²) in [5.41, 5.74) is 5.47. The van der Waals surface area contributed by atoms with Gasteiger partial charge in [0, 0.05) is 69.6 Å². The molecule has 1 heterocycles. The van der Waals surface area contributed by atoms with Crippen LogP contribution in [-0.2, 0) is 27.3 Å². The number of likely N-dealkylation sites (N-methyl/N-ethyl adjacent to an activating group) is 2. The zero-order valence-electron chi connectivity index (χ0n) is 27.4. The topological polar surface area (TPSA) is 171 Å². The number of hydrogen-bond donors (Lipinski definition) is 5. The van der Waals surface area contributed by atoms with E-state index in [0.717, 1.165) is 49.5 Å². The summed E-state index contributed by atoms with van der Waals surface area (Å²) in [6.45, 7) is 4.64. The normalized spacial score (nSPS) is 26.7. The molecule has 1 amide bonds. The molecule has 3 aliphatic carbocycles. The van der Waals surface area contributed by atoms with Crippen LogP contribution in [0, 0.1) is 11.8 Å². The molecule has 0 spiro atoms. The van der Waals surface area contributed by atoms with Gasteiger partial charge in [0.25, 0.3) is 5.91 Å². The first kappa shape index (κ1) is 32.7. The van der Waals surface area contributed by atoms with Crippen molar-refractivity contribution in [1.29, 1.82) is 0 Å². The lowest BCUT2D eigenvalue weighted by Crippen LogP contribution is -2.65. The number of ketones is 2. The number of Topliss-reactive ketones (excluding diaryl/α,β-unsaturated/α-hetero) is 2. The summed E-state index contributed by atoms with van der Waals surface area (Å²) in [7, 11) is 8.99. The number of carbonyl (C=O) groups excluding carboxylic acids is 3. The second-order valence-corrected chi connectivity index (χ2v) is 13.8. The Morgan fingerprint density at radius 1 is 1.04 bits per heavy atom. The van der Waals surface area contributed by atoms with Crippen LogP contribution in [0.2, 0.25) is 0 Å². The monoisotopic (exact) mass is 645 g/mol. The summed E-state index contributed by atoms with van der Waals surface area (Å²) in [6.07, 6.45) is 0.259. The molecule has 4 atom stereocenters. The van der Waals surface area contributed by atoms with Crippen molar-refractivity contribution in [2.45, 2.75) is 31.0 Å². The molecule has 2 fully saturated rings. The van der Waals surface area contributed by atoms with Gasteiger partial charge in [0.2, 0.25) is 5.78 Å². The predicted molar refractivity (Wildman–Crippen MR) is 177 cm³/mol. The molecular weight excluding hydrogens is 602 g/mol. The van der Waals surface area contributed by atoms with Crippen LogP contribution in [0.4, 0.5) is 5.69 Å². The van der Waals surface area contributed by atoms with E-state index >= 15 is 0 Å². The Kier molecular flexibility index (Phi) is 8.20. The molecule has 6 N–H and O–H groups in total. The number of phenolic OH excluding ortho intramolecular Hbond substituents is 1. The van der Waals surface area contributed by atoms with E-state index in [-0.39, 0.29) is 29.7 Å². The van der Waals surface area contributed by atoms with Crippen molar-refractivity contribution < 1.29 is 34.8 Å². The van der Waals surface area contributed by atoms with Gasteiger partial charge in [0.05, 0.1) is 11.6 Å². The minimum absolute atomic E-state index is 0.0372. The van der Waals surface area contributed by atoms with Crippen LogP contribution in [0.3, 0.4) is 0 Å². The third-order valence-electron chi connectivity index (χ3n) is 10.4. The number of aliphatic hydroxyl groups is 3. The number of rotatable bonds is 6. The summed E-state index contributed by atoms with van der Waals surface area (Å²) in [5.74, 6) is -6.65. The van der Waals surface area contributed by atoms with Crippen LogP contribution in [0.25, 0.3) is 16.9 Å². The van der Waals surface area contributed by atoms with Gasteiger partial charge in [0.1, 0.15) is 22.8 Å². The van der Waals surface area contributed by atoms with Gasteiger partial charge < -0.3 is 36.0 Å². The van der Waals surface area contributed by atoms with Gasteiger partial charge in [0.15, 0.2) is 11.4 Å². The van der Waals surface area contributed by atoms with Gasteiger partial charge in [-0.2, -0.15) is 0 Å². The Morgan fingerprint density at radius 2 is 1.72 bits per heavy atom. The first-order valence-electron chi connectivity index (χ1n) is 15.9. The largest absolute Gasteiger partial charge is 0.508 e. The number of benzene rings is 2. The molecule has 0 radical (unpaired) electrons. The van der Waals surface area contributed by atoms with Crippen molar-refractivity contribution in [3.8, 4) is 16.9 Å². The van der Waals surface area contributed by atoms with E-state index in [4.69, 9.17) is 5.73 Å². The van der Waals surface area contributed by atoms with Gasteiger partial charge in [-0.25, -0.2) is 0 Å². The molecular formula is C35H43N5O7. The van der Waals surface area contributed by atoms with E-state index < -0.39 is 58.0 Å². The maximum atomic E-state index is 14.3.